The monoisotopic (exact) mass is 329 g/mol. The van der Waals surface area contributed by atoms with Gasteiger partial charge in [-0.1, -0.05) is 6.08 Å². The first-order valence-electron chi connectivity index (χ1n) is 8.04. The second-order valence-electron chi connectivity index (χ2n) is 5.85. The summed E-state index contributed by atoms with van der Waals surface area (Å²) in [6.45, 7) is 5.18. The molecule has 0 saturated carbocycles. The zero-order valence-electron chi connectivity index (χ0n) is 14.1. The third-order valence-corrected chi connectivity index (χ3v) is 4.25. The Kier molecular flexibility index (Phi) is 5.10. The van der Waals surface area contributed by atoms with Crippen molar-refractivity contribution in [3.63, 3.8) is 0 Å². The van der Waals surface area contributed by atoms with Crippen LogP contribution in [0.2, 0.25) is 0 Å². The number of aromatic nitrogens is 4. The number of hydrogen-bond donors (Lipinski definition) is 0. The van der Waals surface area contributed by atoms with Gasteiger partial charge >= 0.3 is 0 Å². The van der Waals surface area contributed by atoms with Gasteiger partial charge in [0.2, 0.25) is 5.88 Å². The highest BCUT2D eigenvalue weighted by Crippen LogP contribution is 2.29. The van der Waals surface area contributed by atoms with Crippen molar-refractivity contribution >= 4 is 5.82 Å². The Hall–Kier alpha value is -2.41. The molecular formula is C17H23N5O2. The van der Waals surface area contributed by atoms with Crippen LogP contribution >= 0.6 is 0 Å². The Bertz CT molecular complexity index is 687. The molecule has 128 valence electrons. The summed E-state index contributed by atoms with van der Waals surface area (Å²) < 4.78 is 13.0. The van der Waals surface area contributed by atoms with Gasteiger partial charge < -0.3 is 14.4 Å². The van der Waals surface area contributed by atoms with Gasteiger partial charge in [-0.3, -0.25) is 4.68 Å². The standard InChI is InChI=1S/C17H23N5O2/c1-4-7-24-15-5-6-22(16-9-17(23-3)19-12-18-16)14(15)8-13-10-20-21(2)11-13/h4,9-12,14-15H,1,5-8H2,2-3H3/t14-,15+/m1/s1. The Morgan fingerprint density at radius 1 is 1.42 bits per heavy atom. The summed E-state index contributed by atoms with van der Waals surface area (Å²) in [6, 6.07) is 2.06. The van der Waals surface area contributed by atoms with E-state index in [-0.39, 0.29) is 12.1 Å². The lowest BCUT2D eigenvalue weighted by Crippen LogP contribution is -2.38. The Morgan fingerprint density at radius 2 is 2.29 bits per heavy atom. The molecule has 0 aliphatic carbocycles. The number of aryl methyl sites for hydroxylation is 1. The quantitative estimate of drug-likeness (QED) is 0.719. The van der Waals surface area contributed by atoms with Crippen LogP contribution in [0.4, 0.5) is 5.82 Å². The molecule has 1 aliphatic heterocycles. The summed E-state index contributed by atoms with van der Waals surface area (Å²) in [4.78, 5) is 10.8. The van der Waals surface area contributed by atoms with Crippen molar-refractivity contribution in [3.05, 3.63) is 43.0 Å². The molecule has 7 heteroatoms. The molecule has 0 bridgehead atoms. The first kappa shape index (κ1) is 16.4. The SMILES string of the molecule is C=CCO[C@H]1CCN(c2cc(OC)ncn2)[C@@H]1Cc1cnn(C)c1. The average Bonchev–Trinajstić information content (AvgIpc) is 3.19. The lowest BCUT2D eigenvalue weighted by atomic mass is 10.0. The lowest BCUT2D eigenvalue weighted by molar-refractivity contribution is 0.0681. The van der Waals surface area contributed by atoms with E-state index in [1.165, 1.54) is 11.9 Å². The maximum Gasteiger partial charge on any atom is 0.218 e. The second-order valence-corrected chi connectivity index (χ2v) is 5.85. The van der Waals surface area contributed by atoms with Gasteiger partial charge in [0.1, 0.15) is 12.1 Å². The van der Waals surface area contributed by atoms with Crippen LogP contribution in [0, 0.1) is 0 Å². The molecule has 0 unspecified atom stereocenters. The van der Waals surface area contributed by atoms with Crippen LogP contribution in [0.1, 0.15) is 12.0 Å². The first-order chi connectivity index (χ1) is 11.7. The minimum Gasteiger partial charge on any atom is -0.481 e. The van der Waals surface area contributed by atoms with Crippen molar-refractivity contribution < 1.29 is 9.47 Å². The highest BCUT2D eigenvalue weighted by molar-refractivity contribution is 5.44. The van der Waals surface area contributed by atoms with Crippen LogP contribution in [0.3, 0.4) is 0 Å². The smallest absolute Gasteiger partial charge is 0.218 e. The minimum atomic E-state index is 0.129. The summed E-state index contributed by atoms with van der Waals surface area (Å²) in [5.41, 5.74) is 1.18. The van der Waals surface area contributed by atoms with E-state index in [1.54, 1.807) is 13.2 Å². The number of methoxy groups -OCH3 is 1. The van der Waals surface area contributed by atoms with Gasteiger partial charge in [-0.15, -0.1) is 6.58 Å². The van der Waals surface area contributed by atoms with Gasteiger partial charge in [0, 0.05) is 25.9 Å². The van der Waals surface area contributed by atoms with Gasteiger partial charge in [0.25, 0.3) is 0 Å². The molecule has 0 radical (unpaired) electrons. The maximum absolute atomic E-state index is 5.99. The van der Waals surface area contributed by atoms with Crippen molar-refractivity contribution in [1.82, 2.24) is 19.7 Å². The van der Waals surface area contributed by atoms with Gasteiger partial charge in [-0.25, -0.2) is 9.97 Å². The lowest BCUT2D eigenvalue weighted by Gasteiger charge is -2.28. The van der Waals surface area contributed by atoms with E-state index >= 15 is 0 Å². The second kappa shape index (κ2) is 7.44. The van der Waals surface area contributed by atoms with Gasteiger partial charge in [-0.05, 0) is 18.4 Å². The molecule has 2 aromatic heterocycles. The first-order valence-corrected chi connectivity index (χ1v) is 8.04. The number of anilines is 1. The predicted molar refractivity (Wildman–Crippen MR) is 91.2 cm³/mol. The van der Waals surface area contributed by atoms with Gasteiger partial charge in [0.15, 0.2) is 0 Å². The van der Waals surface area contributed by atoms with Crippen molar-refractivity contribution in [2.24, 2.45) is 7.05 Å². The molecule has 0 N–H and O–H groups in total. The van der Waals surface area contributed by atoms with Crippen LogP contribution in [0.15, 0.2) is 37.4 Å². The van der Waals surface area contributed by atoms with E-state index in [1.807, 2.05) is 30.2 Å². The molecule has 0 amide bonds. The van der Waals surface area contributed by atoms with E-state index < -0.39 is 0 Å². The molecule has 1 aliphatic rings. The molecular weight excluding hydrogens is 306 g/mol. The zero-order valence-corrected chi connectivity index (χ0v) is 14.1. The molecule has 0 aromatic carbocycles. The molecule has 24 heavy (non-hydrogen) atoms. The van der Waals surface area contributed by atoms with Crippen LogP contribution in [0.5, 0.6) is 5.88 Å². The topological polar surface area (TPSA) is 65.3 Å². The van der Waals surface area contributed by atoms with Crippen LogP contribution < -0.4 is 9.64 Å². The van der Waals surface area contributed by atoms with E-state index in [2.05, 4.69) is 26.5 Å². The van der Waals surface area contributed by atoms with E-state index in [0.717, 1.165) is 25.2 Å². The van der Waals surface area contributed by atoms with Crippen molar-refractivity contribution in [2.75, 3.05) is 25.2 Å². The van der Waals surface area contributed by atoms with Gasteiger partial charge in [-0.2, -0.15) is 5.10 Å². The highest BCUT2D eigenvalue weighted by atomic mass is 16.5. The summed E-state index contributed by atoms with van der Waals surface area (Å²) in [6.07, 6.45) is 9.20. The summed E-state index contributed by atoms with van der Waals surface area (Å²) >= 11 is 0. The van der Waals surface area contributed by atoms with Gasteiger partial charge in [0.05, 0.1) is 32.1 Å². The number of nitrogens with zero attached hydrogens (tertiary/aromatic N) is 5. The minimum absolute atomic E-state index is 0.129. The molecule has 2 aromatic rings. The number of hydrogen-bond acceptors (Lipinski definition) is 6. The van der Waals surface area contributed by atoms with Crippen molar-refractivity contribution in [1.29, 1.82) is 0 Å². The third-order valence-electron chi connectivity index (χ3n) is 4.25. The normalized spacial score (nSPS) is 20.3. The Labute approximate surface area is 141 Å². The van der Waals surface area contributed by atoms with Crippen molar-refractivity contribution in [3.8, 4) is 5.88 Å². The Morgan fingerprint density at radius 3 is 3.00 bits per heavy atom. The summed E-state index contributed by atoms with van der Waals surface area (Å²) in [7, 11) is 3.54. The van der Waals surface area contributed by atoms with E-state index in [0.29, 0.717) is 12.5 Å². The number of ether oxygens (including phenoxy) is 2. The fraction of sp³-hybridized carbons (Fsp3) is 0.471. The van der Waals surface area contributed by atoms with Crippen LogP contribution in [-0.2, 0) is 18.2 Å². The van der Waals surface area contributed by atoms with E-state index in [4.69, 9.17) is 9.47 Å². The van der Waals surface area contributed by atoms with Crippen LogP contribution in [-0.4, -0.2) is 52.2 Å². The largest absolute Gasteiger partial charge is 0.481 e. The molecule has 3 heterocycles. The van der Waals surface area contributed by atoms with Crippen molar-refractivity contribution in [2.45, 2.75) is 25.0 Å². The zero-order chi connectivity index (χ0) is 16.9. The third kappa shape index (κ3) is 3.56. The molecule has 3 rings (SSSR count). The summed E-state index contributed by atoms with van der Waals surface area (Å²) in [5, 5.41) is 4.27. The molecule has 1 saturated heterocycles. The maximum atomic E-state index is 5.99. The predicted octanol–water partition coefficient (Wildman–Crippen LogP) is 1.61. The molecule has 0 spiro atoms. The molecule has 2 atom stereocenters. The highest BCUT2D eigenvalue weighted by Gasteiger charge is 2.36. The summed E-state index contributed by atoms with van der Waals surface area (Å²) in [5.74, 6) is 1.43. The number of rotatable bonds is 7. The fourth-order valence-electron chi connectivity index (χ4n) is 3.15. The molecule has 1 fully saturated rings. The van der Waals surface area contributed by atoms with E-state index in [9.17, 15) is 0 Å². The Balaban J connectivity index is 1.83. The molecule has 7 nitrogen and oxygen atoms in total. The average molecular weight is 329 g/mol. The fourth-order valence-corrected chi connectivity index (χ4v) is 3.15. The van der Waals surface area contributed by atoms with Crippen LogP contribution in [0.25, 0.3) is 0 Å².